The minimum Gasteiger partial charge on any atom is -0.487 e. The van der Waals surface area contributed by atoms with Gasteiger partial charge in [-0.3, -0.25) is 0 Å². The largest absolute Gasteiger partial charge is 0.487 e. The minimum absolute atomic E-state index is 0.191. The van der Waals surface area contributed by atoms with Crippen molar-refractivity contribution in [3.63, 3.8) is 0 Å². The fraction of sp³-hybridized carbons (Fsp3) is 0.200. The molecular formula is C15H12F2N2O3. The zero-order valence-electron chi connectivity index (χ0n) is 11.4. The van der Waals surface area contributed by atoms with Crippen LogP contribution in [0.4, 0.5) is 14.6 Å². The molecule has 22 heavy (non-hydrogen) atoms. The van der Waals surface area contributed by atoms with E-state index in [0.717, 1.165) is 12.3 Å². The molecule has 0 spiro atoms. The lowest BCUT2D eigenvalue weighted by Gasteiger charge is -2.40. The summed E-state index contributed by atoms with van der Waals surface area (Å²) in [5.74, 6) is -1.71. The van der Waals surface area contributed by atoms with Crippen molar-refractivity contribution < 1.29 is 23.4 Å². The quantitative estimate of drug-likeness (QED) is 0.939. The van der Waals surface area contributed by atoms with Crippen LogP contribution in [-0.2, 0) is 0 Å². The molecule has 2 aromatic rings. The summed E-state index contributed by atoms with van der Waals surface area (Å²) in [6.45, 7) is 0.796. The average Bonchev–Trinajstić information content (AvgIpc) is 2.43. The molecule has 1 fully saturated rings. The number of benzene rings is 1. The van der Waals surface area contributed by atoms with E-state index in [-0.39, 0.29) is 23.3 Å². The molecule has 1 N–H and O–H groups in total. The van der Waals surface area contributed by atoms with E-state index < -0.39 is 11.8 Å². The van der Waals surface area contributed by atoms with E-state index in [1.54, 1.807) is 17.0 Å². The van der Waals surface area contributed by atoms with Crippen molar-refractivity contribution in [3.05, 3.63) is 53.7 Å². The summed E-state index contributed by atoms with van der Waals surface area (Å²) in [6.07, 6.45) is 0.776. The molecule has 114 valence electrons. The second-order valence-corrected chi connectivity index (χ2v) is 4.93. The fourth-order valence-corrected chi connectivity index (χ4v) is 2.26. The van der Waals surface area contributed by atoms with Crippen molar-refractivity contribution in [1.29, 1.82) is 0 Å². The first-order valence-electron chi connectivity index (χ1n) is 6.59. The standard InChI is InChI=1S/C15H12F2N2O3/c16-9-2-1-3-11(4-9)22-12-7-19(8-12)14-13(15(20)21)5-10(17)6-18-14/h1-6,12H,7-8H2,(H,20,21). The third-order valence-electron chi connectivity index (χ3n) is 3.31. The molecule has 1 aliphatic heterocycles. The molecule has 1 aliphatic rings. The van der Waals surface area contributed by atoms with Crippen LogP contribution in [0, 0.1) is 11.6 Å². The van der Waals surface area contributed by atoms with Crippen molar-refractivity contribution in [3.8, 4) is 5.75 Å². The van der Waals surface area contributed by atoms with Gasteiger partial charge in [0.05, 0.1) is 19.3 Å². The number of hydrogen-bond donors (Lipinski definition) is 1. The lowest BCUT2D eigenvalue weighted by molar-refractivity contribution is 0.0695. The Bertz CT molecular complexity index is 718. The Morgan fingerprint density at radius 2 is 2.05 bits per heavy atom. The predicted molar refractivity (Wildman–Crippen MR) is 74.2 cm³/mol. The van der Waals surface area contributed by atoms with Crippen LogP contribution in [0.2, 0.25) is 0 Å². The topological polar surface area (TPSA) is 62.7 Å². The molecule has 2 heterocycles. The van der Waals surface area contributed by atoms with Crippen LogP contribution in [0.25, 0.3) is 0 Å². The van der Waals surface area contributed by atoms with Crippen molar-refractivity contribution in [2.24, 2.45) is 0 Å². The van der Waals surface area contributed by atoms with Crippen LogP contribution in [0.15, 0.2) is 36.5 Å². The maximum atomic E-state index is 13.1. The van der Waals surface area contributed by atoms with Gasteiger partial charge in [0, 0.05) is 6.07 Å². The molecule has 0 amide bonds. The summed E-state index contributed by atoms with van der Waals surface area (Å²) in [5.41, 5.74) is -0.191. The summed E-state index contributed by atoms with van der Waals surface area (Å²) < 4.78 is 31.7. The number of aromatic nitrogens is 1. The summed E-state index contributed by atoms with van der Waals surface area (Å²) in [4.78, 5) is 16.6. The van der Waals surface area contributed by atoms with Crippen LogP contribution >= 0.6 is 0 Å². The Balaban J connectivity index is 1.67. The van der Waals surface area contributed by atoms with Gasteiger partial charge in [-0.05, 0) is 18.2 Å². The highest BCUT2D eigenvalue weighted by Gasteiger charge is 2.32. The highest BCUT2D eigenvalue weighted by molar-refractivity contribution is 5.93. The number of pyridine rings is 1. The molecule has 0 aliphatic carbocycles. The zero-order chi connectivity index (χ0) is 15.7. The molecule has 1 aromatic carbocycles. The minimum atomic E-state index is -1.24. The van der Waals surface area contributed by atoms with Gasteiger partial charge >= 0.3 is 5.97 Å². The van der Waals surface area contributed by atoms with Gasteiger partial charge in [0.1, 0.15) is 34.9 Å². The Labute approximate surface area is 124 Å². The molecule has 0 bridgehead atoms. The van der Waals surface area contributed by atoms with Crippen molar-refractivity contribution in [1.82, 2.24) is 4.98 Å². The SMILES string of the molecule is O=C(O)c1cc(F)cnc1N1CC(Oc2cccc(F)c2)C1. The summed E-state index contributed by atoms with van der Waals surface area (Å²) in [7, 11) is 0. The van der Waals surface area contributed by atoms with Crippen molar-refractivity contribution in [2.45, 2.75) is 6.10 Å². The highest BCUT2D eigenvalue weighted by atomic mass is 19.1. The van der Waals surface area contributed by atoms with Crippen LogP contribution < -0.4 is 9.64 Å². The number of hydrogen-bond acceptors (Lipinski definition) is 4. The third kappa shape index (κ3) is 2.83. The number of carboxylic acids is 1. The lowest BCUT2D eigenvalue weighted by atomic mass is 10.1. The smallest absolute Gasteiger partial charge is 0.339 e. The van der Waals surface area contributed by atoms with Gasteiger partial charge in [0.25, 0.3) is 0 Å². The summed E-state index contributed by atoms with van der Waals surface area (Å²) in [6, 6.07) is 6.73. The van der Waals surface area contributed by atoms with Crippen molar-refractivity contribution in [2.75, 3.05) is 18.0 Å². The number of carbonyl (C=O) groups is 1. The highest BCUT2D eigenvalue weighted by Crippen LogP contribution is 2.26. The van der Waals surface area contributed by atoms with Gasteiger partial charge in [-0.25, -0.2) is 18.6 Å². The van der Waals surface area contributed by atoms with Gasteiger partial charge in [0.2, 0.25) is 0 Å². The van der Waals surface area contributed by atoms with E-state index in [9.17, 15) is 13.6 Å². The van der Waals surface area contributed by atoms with E-state index in [2.05, 4.69) is 4.98 Å². The molecule has 0 atom stereocenters. The van der Waals surface area contributed by atoms with Crippen LogP contribution in [0.3, 0.4) is 0 Å². The maximum absolute atomic E-state index is 13.1. The molecule has 1 aromatic heterocycles. The number of anilines is 1. The monoisotopic (exact) mass is 306 g/mol. The summed E-state index contributed by atoms with van der Waals surface area (Å²) >= 11 is 0. The number of aromatic carboxylic acids is 1. The Morgan fingerprint density at radius 1 is 1.27 bits per heavy atom. The Kier molecular flexibility index (Phi) is 3.62. The molecule has 0 saturated carbocycles. The second kappa shape index (κ2) is 5.59. The molecule has 0 unspecified atom stereocenters. The zero-order valence-corrected chi connectivity index (χ0v) is 11.4. The first kappa shape index (κ1) is 14.2. The Hall–Kier alpha value is -2.70. The first-order chi connectivity index (χ1) is 10.5. The first-order valence-corrected chi connectivity index (χ1v) is 6.59. The molecule has 5 nitrogen and oxygen atoms in total. The average molecular weight is 306 g/mol. The number of nitrogens with zero attached hydrogens (tertiary/aromatic N) is 2. The number of ether oxygens (including phenoxy) is 1. The molecule has 3 rings (SSSR count). The number of carboxylic acid groups (broad SMARTS) is 1. The van der Waals surface area contributed by atoms with Crippen LogP contribution in [0.5, 0.6) is 5.75 Å². The second-order valence-electron chi connectivity index (χ2n) is 4.93. The van der Waals surface area contributed by atoms with E-state index in [4.69, 9.17) is 9.84 Å². The summed E-state index contributed by atoms with van der Waals surface area (Å²) in [5, 5.41) is 9.08. The molecule has 7 heteroatoms. The van der Waals surface area contributed by atoms with E-state index >= 15 is 0 Å². The number of halogens is 2. The van der Waals surface area contributed by atoms with Crippen molar-refractivity contribution >= 4 is 11.8 Å². The molecule has 0 radical (unpaired) electrons. The van der Waals surface area contributed by atoms with Crippen LogP contribution in [-0.4, -0.2) is 35.3 Å². The lowest BCUT2D eigenvalue weighted by Crippen LogP contribution is -2.54. The Morgan fingerprint density at radius 3 is 2.73 bits per heavy atom. The van der Waals surface area contributed by atoms with Gasteiger partial charge in [-0.1, -0.05) is 6.07 Å². The van der Waals surface area contributed by atoms with E-state index in [1.165, 1.54) is 12.1 Å². The van der Waals surface area contributed by atoms with Gasteiger partial charge in [-0.2, -0.15) is 0 Å². The van der Waals surface area contributed by atoms with Gasteiger partial charge in [0.15, 0.2) is 0 Å². The molecular weight excluding hydrogens is 294 g/mol. The normalized spacial score (nSPS) is 14.5. The predicted octanol–water partition coefficient (Wildman–Crippen LogP) is 2.33. The van der Waals surface area contributed by atoms with Crippen LogP contribution in [0.1, 0.15) is 10.4 Å². The van der Waals surface area contributed by atoms with Gasteiger partial charge in [-0.15, -0.1) is 0 Å². The fourth-order valence-electron chi connectivity index (χ4n) is 2.26. The molecule has 1 saturated heterocycles. The van der Waals surface area contributed by atoms with E-state index in [0.29, 0.717) is 18.8 Å². The number of rotatable bonds is 4. The maximum Gasteiger partial charge on any atom is 0.339 e. The third-order valence-corrected chi connectivity index (χ3v) is 3.31. The van der Waals surface area contributed by atoms with Gasteiger partial charge < -0.3 is 14.7 Å². The van der Waals surface area contributed by atoms with E-state index in [1.807, 2.05) is 0 Å².